The van der Waals surface area contributed by atoms with E-state index in [1.165, 1.54) is 0 Å². The summed E-state index contributed by atoms with van der Waals surface area (Å²) < 4.78 is 11.5. The number of ether oxygens (including phenoxy) is 2. The Morgan fingerprint density at radius 2 is 1.74 bits per heavy atom. The molecule has 0 radical (unpaired) electrons. The SMILES string of the molecule is CC(C)(C)OC(=O)N1CCC(Oc2cccc(C(=O)NOCc3ccccc3)c2)CC1. The third-order valence-corrected chi connectivity index (χ3v) is 4.74. The monoisotopic (exact) mass is 426 g/mol. The maximum atomic E-state index is 12.4. The summed E-state index contributed by atoms with van der Waals surface area (Å²) in [5.74, 6) is 0.285. The fourth-order valence-electron chi connectivity index (χ4n) is 3.20. The number of amides is 2. The summed E-state index contributed by atoms with van der Waals surface area (Å²) in [5.41, 5.74) is 3.38. The van der Waals surface area contributed by atoms with Gasteiger partial charge in [0.05, 0.1) is 6.61 Å². The Morgan fingerprint density at radius 1 is 1.03 bits per heavy atom. The molecule has 0 spiro atoms. The number of nitrogens with one attached hydrogen (secondary N) is 1. The van der Waals surface area contributed by atoms with Gasteiger partial charge in [0.1, 0.15) is 17.5 Å². The second kappa shape index (κ2) is 10.3. The highest BCUT2D eigenvalue weighted by molar-refractivity contribution is 5.93. The summed E-state index contributed by atoms with van der Waals surface area (Å²) in [4.78, 5) is 31.6. The van der Waals surface area contributed by atoms with Crippen LogP contribution in [0.2, 0.25) is 0 Å². The number of nitrogens with zero attached hydrogens (tertiary/aromatic N) is 1. The van der Waals surface area contributed by atoms with Crippen LogP contribution < -0.4 is 10.2 Å². The zero-order valence-electron chi connectivity index (χ0n) is 18.3. The molecule has 7 nitrogen and oxygen atoms in total. The van der Waals surface area contributed by atoms with E-state index in [1.807, 2.05) is 57.2 Å². The molecule has 1 fully saturated rings. The van der Waals surface area contributed by atoms with Crippen LogP contribution in [-0.4, -0.2) is 41.7 Å². The molecule has 0 aromatic heterocycles. The van der Waals surface area contributed by atoms with Gasteiger partial charge in [0.15, 0.2) is 0 Å². The lowest BCUT2D eigenvalue weighted by molar-refractivity contribution is 0.0125. The fourth-order valence-corrected chi connectivity index (χ4v) is 3.20. The Balaban J connectivity index is 1.46. The molecule has 1 aliphatic heterocycles. The Morgan fingerprint density at radius 3 is 2.42 bits per heavy atom. The molecule has 1 aliphatic rings. The average molecular weight is 427 g/mol. The maximum Gasteiger partial charge on any atom is 0.410 e. The maximum absolute atomic E-state index is 12.4. The van der Waals surface area contributed by atoms with Crippen LogP contribution in [0.3, 0.4) is 0 Å². The van der Waals surface area contributed by atoms with E-state index in [0.717, 1.165) is 5.56 Å². The first kappa shape index (κ1) is 22.6. The highest BCUT2D eigenvalue weighted by atomic mass is 16.6. The van der Waals surface area contributed by atoms with Gasteiger partial charge in [0.2, 0.25) is 0 Å². The van der Waals surface area contributed by atoms with E-state index >= 15 is 0 Å². The molecule has 0 atom stereocenters. The molecule has 31 heavy (non-hydrogen) atoms. The largest absolute Gasteiger partial charge is 0.490 e. The number of piperidine rings is 1. The second-order valence-electron chi connectivity index (χ2n) is 8.52. The Bertz CT molecular complexity index is 871. The number of carbonyl (C=O) groups excluding carboxylic acids is 2. The van der Waals surface area contributed by atoms with Crippen LogP contribution in [-0.2, 0) is 16.2 Å². The third kappa shape index (κ3) is 7.29. The van der Waals surface area contributed by atoms with Gasteiger partial charge < -0.3 is 14.4 Å². The molecule has 1 heterocycles. The summed E-state index contributed by atoms with van der Waals surface area (Å²) in [7, 11) is 0. The first-order valence-corrected chi connectivity index (χ1v) is 10.5. The lowest BCUT2D eigenvalue weighted by atomic mass is 10.1. The highest BCUT2D eigenvalue weighted by Gasteiger charge is 2.27. The highest BCUT2D eigenvalue weighted by Crippen LogP contribution is 2.21. The van der Waals surface area contributed by atoms with E-state index < -0.39 is 5.60 Å². The summed E-state index contributed by atoms with van der Waals surface area (Å²) in [6.07, 6.45) is 1.09. The van der Waals surface area contributed by atoms with Crippen molar-refractivity contribution in [3.05, 3.63) is 65.7 Å². The molecule has 0 unspecified atom stereocenters. The van der Waals surface area contributed by atoms with Crippen molar-refractivity contribution in [2.75, 3.05) is 13.1 Å². The molecule has 2 aromatic carbocycles. The molecule has 0 aliphatic carbocycles. The number of hydrogen-bond donors (Lipinski definition) is 1. The lowest BCUT2D eigenvalue weighted by Gasteiger charge is -2.33. The molecule has 1 saturated heterocycles. The van der Waals surface area contributed by atoms with Crippen LogP contribution in [0.25, 0.3) is 0 Å². The van der Waals surface area contributed by atoms with Gasteiger partial charge in [-0.2, -0.15) is 0 Å². The first-order chi connectivity index (χ1) is 14.8. The zero-order chi connectivity index (χ0) is 22.3. The standard InChI is InChI=1S/C24H30N2O5/c1-24(2,3)31-23(28)26-14-12-20(13-15-26)30-21-11-7-10-19(16-21)22(27)25-29-17-18-8-5-4-6-9-18/h4-11,16,20H,12-15,17H2,1-3H3,(H,25,27). The zero-order valence-corrected chi connectivity index (χ0v) is 18.3. The normalized spacial score (nSPS) is 14.7. The van der Waals surface area contributed by atoms with Crippen molar-refractivity contribution in [1.29, 1.82) is 0 Å². The van der Waals surface area contributed by atoms with E-state index in [9.17, 15) is 9.59 Å². The van der Waals surface area contributed by atoms with Crippen LogP contribution >= 0.6 is 0 Å². The van der Waals surface area contributed by atoms with Gasteiger partial charge in [0.25, 0.3) is 5.91 Å². The van der Waals surface area contributed by atoms with Gasteiger partial charge in [-0.1, -0.05) is 36.4 Å². The van der Waals surface area contributed by atoms with Crippen LogP contribution in [0.1, 0.15) is 49.5 Å². The molecule has 3 rings (SSSR count). The van der Waals surface area contributed by atoms with E-state index in [2.05, 4.69) is 5.48 Å². The first-order valence-electron chi connectivity index (χ1n) is 10.5. The number of rotatable bonds is 6. The smallest absolute Gasteiger partial charge is 0.410 e. The Hall–Kier alpha value is -3.06. The minimum atomic E-state index is -0.504. The van der Waals surface area contributed by atoms with Crippen LogP contribution in [0, 0.1) is 0 Å². The predicted molar refractivity (Wildman–Crippen MR) is 117 cm³/mol. The quantitative estimate of drug-likeness (QED) is 0.696. The van der Waals surface area contributed by atoms with Gasteiger partial charge in [-0.3, -0.25) is 9.63 Å². The van der Waals surface area contributed by atoms with Gasteiger partial charge >= 0.3 is 6.09 Å². The summed E-state index contributed by atoms with van der Waals surface area (Å²) >= 11 is 0. The van der Waals surface area contributed by atoms with Crippen molar-refractivity contribution in [2.24, 2.45) is 0 Å². The molecule has 0 saturated carbocycles. The van der Waals surface area contributed by atoms with Crippen molar-refractivity contribution in [3.8, 4) is 5.75 Å². The Labute approximate surface area is 183 Å². The number of hydroxylamine groups is 1. The van der Waals surface area contributed by atoms with Crippen molar-refractivity contribution in [1.82, 2.24) is 10.4 Å². The molecule has 1 N–H and O–H groups in total. The molecule has 2 aromatic rings. The summed E-state index contributed by atoms with van der Waals surface area (Å²) in [6.45, 7) is 7.02. The van der Waals surface area contributed by atoms with Gasteiger partial charge in [-0.25, -0.2) is 10.3 Å². The van der Waals surface area contributed by atoms with E-state index in [0.29, 0.717) is 43.9 Å². The lowest BCUT2D eigenvalue weighted by Crippen LogP contribution is -2.44. The molecule has 0 bridgehead atoms. The average Bonchev–Trinajstić information content (AvgIpc) is 2.74. The predicted octanol–water partition coefficient (Wildman–Crippen LogP) is 4.33. The molecule has 7 heteroatoms. The van der Waals surface area contributed by atoms with E-state index in [-0.39, 0.29) is 18.1 Å². The third-order valence-electron chi connectivity index (χ3n) is 4.74. The number of carbonyl (C=O) groups is 2. The van der Waals surface area contributed by atoms with Crippen molar-refractivity contribution < 1.29 is 23.9 Å². The van der Waals surface area contributed by atoms with Gasteiger partial charge in [-0.15, -0.1) is 0 Å². The molecule has 2 amide bonds. The molecular formula is C24H30N2O5. The minimum Gasteiger partial charge on any atom is -0.490 e. The molecule has 166 valence electrons. The topological polar surface area (TPSA) is 77.1 Å². The molecular weight excluding hydrogens is 396 g/mol. The minimum absolute atomic E-state index is 0.0219. The van der Waals surface area contributed by atoms with Gasteiger partial charge in [0, 0.05) is 31.5 Å². The number of benzene rings is 2. The van der Waals surface area contributed by atoms with Crippen LogP contribution in [0.5, 0.6) is 5.75 Å². The number of hydrogen-bond acceptors (Lipinski definition) is 5. The van der Waals surface area contributed by atoms with Gasteiger partial charge in [-0.05, 0) is 44.5 Å². The fraction of sp³-hybridized carbons (Fsp3) is 0.417. The van der Waals surface area contributed by atoms with E-state index in [4.69, 9.17) is 14.3 Å². The Kier molecular flexibility index (Phi) is 7.52. The van der Waals surface area contributed by atoms with Crippen molar-refractivity contribution in [2.45, 2.75) is 51.9 Å². The van der Waals surface area contributed by atoms with Crippen LogP contribution in [0.15, 0.2) is 54.6 Å². The van der Waals surface area contributed by atoms with Crippen LogP contribution in [0.4, 0.5) is 4.79 Å². The van der Waals surface area contributed by atoms with Crippen molar-refractivity contribution in [3.63, 3.8) is 0 Å². The van der Waals surface area contributed by atoms with Crippen molar-refractivity contribution >= 4 is 12.0 Å². The summed E-state index contributed by atoms with van der Waals surface area (Å²) in [6, 6.07) is 16.6. The van der Waals surface area contributed by atoms with E-state index in [1.54, 1.807) is 23.1 Å². The second-order valence-corrected chi connectivity index (χ2v) is 8.52. The number of likely N-dealkylation sites (tertiary alicyclic amines) is 1. The summed E-state index contributed by atoms with van der Waals surface area (Å²) in [5, 5.41) is 0.